The third-order valence-corrected chi connectivity index (χ3v) is 6.71. The second-order valence-corrected chi connectivity index (χ2v) is 8.69. The fourth-order valence-electron chi connectivity index (χ4n) is 3.01. The summed E-state index contributed by atoms with van der Waals surface area (Å²) in [5.74, 6) is -0.270. The first-order valence-corrected chi connectivity index (χ1v) is 10.8. The topological polar surface area (TPSA) is 72.9 Å². The van der Waals surface area contributed by atoms with Gasteiger partial charge in [-0.2, -0.15) is 4.31 Å². The van der Waals surface area contributed by atoms with Gasteiger partial charge in [-0.25, -0.2) is 8.42 Å². The lowest BCUT2D eigenvalue weighted by molar-refractivity contribution is -0.144. The minimum atomic E-state index is -3.49. The summed E-state index contributed by atoms with van der Waals surface area (Å²) in [6.07, 6.45) is 0.756. The zero-order chi connectivity index (χ0) is 20.0. The first kappa shape index (κ1) is 20.5. The molecular formula is C21H25NO5S. The largest absolute Gasteiger partial charge is 0.461 e. The quantitative estimate of drug-likeness (QED) is 0.665. The van der Waals surface area contributed by atoms with Gasteiger partial charge in [0.2, 0.25) is 10.0 Å². The molecule has 7 heteroatoms. The Kier molecular flexibility index (Phi) is 6.83. The number of hydrogen-bond donors (Lipinski definition) is 0. The van der Waals surface area contributed by atoms with Crippen LogP contribution in [0.3, 0.4) is 0 Å². The summed E-state index contributed by atoms with van der Waals surface area (Å²) in [5.41, 5.74) is 2.98. The molecular weight excluding hydrogens is 378 g/mol. The Labute approximate surface area is 166 Å². The van der Waals surface area contributed by atoms with E-state index in [-0.39, 0.29) is 23.9 Å². The van der Waals surface area contributed by atoms with Gasteiger partial charge in [0.15, 0.2) is 0 Å². The normalized spacial score (nSPS) is 15.3. The van der Waals surface area contributed by atoms with E-state index in [9.17, 15) is 13.2 Å². The van der Waals surface area contributed by atoms with Crippen LogP contribution >= 0.6 is 0 Å². The highest BCUT2D eigenvalue weighted by Crippen LogP contribution is 2.18. The maximum Gasteiger partial charge on any atom is 0.306 e. The predicted molar refractivity (Wildman–Crippen MR) is 105 cm³/mol. The van der Waals surface area contributed by atoms with Gasteiger partial charge < -0.3 is 9.47 Å². The Morgan fingerprint density at radius 3 is 2.43 bits per heavy atom. The lowest BCUT2D eigenvalue weighted by Crippen LogP contribution is -2.40. The summed E-state index contributed by atoms with van der Waals surface area (Å²) in [5, 5.41) is 0. The van der Waals surface area contributed by atoms with Crippen molar-refractivity contribution < 1.29 is 22.7 Å². The number of hydrogen-bond acceptors (Lipinski definition) is 5. The van der Waals surface area contributed by atoms with Crippen molar-refractivity contribution in [3.63, 3.8) is 0 Å². The van der Waals surface area contributed by atoms with Crippen LogP contribution in [-0.2, 0) is 37.3 Å². The lowest BCUT2D eigenvalue weighted by Gasteiger charge is -2.26. The van der Waals surface area contributed by atoms with E-state index in [0.717, 1.165) is 16.7 Å². The lowest BCUT2D eigenvalue weighted by atomic mass is 10.1. The number of carbonyl (C=O) groups excluding carboxylic acids is 1. The van der Waals surface area contributed by atoms with Crippen LogP contribution in [0.1, 0.15) is 23.1 Å². The van der Waals surface area contributed by atoms with Crippen molar-refractivity contribution >= 4 is 16.0 Å². The molecule has 0 amide bonds. The molecule has 0 radical (unpaired) electrons. The summed E-state index contributed by atoms with van der Waals surface area (Å²) < 4.78 is 37.2. The molecule has 0 bridgehead atoms. The number of aryl methyl sites for hydroxylation is 2. The van der Waals surface area contributed by atoms with Crippen molar-refractivity contribution in [1.29, 1.82) is 0 Å². The van der Waals surface area contributed by atoms with Gasteiger partial charge in [0, 0.05) is 19.5 Å². The van der Waals surface area contributed by atoms with Crippen LogP contribution in [0.2, 0.25) is 0 Å². The number of morpholine rings is 1. The van der Waals surface area contributed by atoms with Crippen molar-refractivity contribution in [3.8, 4) is 0 Å². The van der Waals surface area contributed by atoms with Gasteiger partial charge in [-0.15, -0.1) is 0 Å². The van der Waals surface area contributed by atoms with Crippen LogP contribution in [0.5, 0.6) is 0 Å². The molecule has 0 aliphatic carbocycles. The molecule has 3 rings (SSSR count). The molecule has 150 valence electrons. The van der Waals surface area contributed by atoms with E-state index in [4.69, 9.17) is 9.47 Å². The van der Waals surface area contributed by atoms with E-state index in [1.165, 1.54) is 4.31 Å². The van der Waals surface area contributed by atoms with E-state index >= 15 is 0 Å². The van der Waals surface area contributed by atoms with Crippen molar-refractivity contribution in [2.45, 2.75) is 31.3 Å². The standard InChI is InChI=1S/C21H25NO5S/c1-17-4-2-3-5-19(17)16-27-21(23)11-8-18-6-9-20(10-7-18)28(24,25)22-12-14-26-15-13-22/h2-7,9-10H,8,11-16H2,1H3. The maximum absolute atomic E-state index is 12.6. The van der Waals surface area contributed by atoms with Gasteiger partial charge in [0.1, 0.15) is 6.61 Å². The van der Waals surface area contributed by atoms with Crippen LogP contribution in [0.25, 0.3) is 0 Å². The number of nitrogens with zero attached hydrogens (tertiary/aromatic N) is 1. The molecule has 0 unspecified atom stereocenters. The molecule has 1 aliphatic rings. The summed E-state index contributed by atoms with van der Waals surface area (Å²) >= 11 is 0. The number of sulfonamides is 1. The summed E-state index contributed by atoms with van der Waals surface area (Å²) in [7, 11) is -3.49. The Bertz CT molecular complexity index is 903. The van der Waals surface area contributed by atoms with E-state index in [1.807, 2.05) is 31.2 Å². The molecule has 0 saturated carbocycles. The second-order valence-electron chi connectivity index (χ2n) is 6.75. The molecule has 1 fully saturated rings. The van der Waals surface area contributed by atoms with Gasteiger partial charge >= 0.3 is 5.97 Å². The Balaban J connectivity index is 1.51. The molecule has 0 spiro atoms. The van der Waals surface area contributed by atoms with Crippen LogP contribution in [0, 0.1) is 6.92 Å². The van der Waals surface area contributed by atoms with Crippen molar-refractivity contribution in [2.24, 2.45) is 0 Å². The van der Waals surface area contributed by atoms with Gasteiger partial charge in [-0.1, -0.05) is 36.4 Å². The fourth-order valence-corrected chi connectivity index (χ4v) is 4.42. The van der Waals surface area contributed by atoms with Crippen molar-refractivity contribution in [2.75, 3.05) is 26.3 Å². The number of rotatable bonds is 7. The highest BCUT2D eigenvalue weighted by Gasteiger charge is 2.26. The molecule has 6 nitrogen and oxygen atoms in total. The van der Waals surface area contributed by atoms with E-state index < -0.39 is 10.0 Å². The number of ether oxygens (including phenoxy) is 2. The van der Waals surface area contributed by atoms with Crippen LogP contribution in [0.4, 0.5) is 0 Å². The molecule has 0 N–H and O–H groups in total. The molecule has 0 aromatic heterocycles. The van der Waals surface area contributed by atoms with Crippen LogP contribution in [0.15, 0.2) is 53.4 Å². The van der Waals surface area contributed by atoms with Gasteiger partial charge in [0.05, 0.1) is 18.1 Å². The highest BCUT2D eigenvalue weighted by atomic mass is 32.2. The van der Waals surface area contributed by atoms with Crippen LogP contribution < -0.4 is 0 Å². The molecule has 1 heterocycles. The van der Waals surface area contributed by atoms with E-state index in [2.05, 4.69) is 0 Å². The molecule has 2 aromatic rings. The average Bonchev–Trinajstić information content (AvgIpc) is 2.72. The SMILES string of the molecule is Cc1ccccc1COC(=O)CCc1ccc(S(=O)(=O)N2CCOCC2)cc1. The van der Waals surface area contributed by atoms with Gasteiger partial charge in [-0.05, 0) is 42.2 Å². The monoisotopic (exact) mass is 403 g/mol. The van der Waals surface area contributed by atoms with Gasteiger partial charge in [0.25, 0.3) is 0 Å². The molecule has 1 aliphatic heterocycles. The smallest absolute Gasteiger partial charge is 0.306 e. The molecule has 1 saturated heterocycles. The molecule has 28 heavy (non-hydrogen) atoms. The predicted octanol–water partition coefficient (Wildman–Crippen LogP) is 2.69. The first-order chi connectivity index (χ1) is 13.5. The van der Waals surface area contributed by atoms with E-state index in [0.29, 0.717) is 32.7 Å². The minimum absolute atomic E-state index is 0.251. The third-order valence-electron chi connectivity index (χ3n) is 4.80. The summed E-state index contributed by atoms with van der Waals surface area (Å²) in [6.45, 7) is 3.83. The number of benzene rings is 2. The Morgan fingerprint density at radius 2 is 1.75 bits per heavy atom. The van der Waals surface area contributed by atoms with Crippen molar-refractivity contribution in [1.82, 2.24) is 4.31 Å². The maximum atomic E-state index is 12.6. The van der Waals surface area contributed by atoms with E-state index in [1.54, 1.807) is 24.3 Å². The van der Waals surface area contributed by atoms with Crippen molar-refractivity contribution in [3.05, 3.63) is 65.2 Å². The molecule has 0 atom stereocenters. The number of esters is 1. The molecule has 2 aromatic carbocycles. The average molecular weight is 404 g/mol. The Hall–Kier alpha value is -2.22. The van der Waals surface area contributed by atoms with Gasteiger partial charge in [-0.3, -0.25) is 4.79 Å². The minimum Gasteiger partial charge on any atom is -0.461 e. The highest BCUT2D eigenvalue weighted by molar-refractivity contribution is 7.89. The Morgan fingerprint density at radius 1 is 1.07 bits per heavy atom. The zero-order valence-electron chi connectivity index (χ0n) is 16.0. The van der Waals surface area contributed by atoms with Crippen LogP contribution in [-0.4, -0.2) is 45.0 Å². The first-order valence-electron chi connectivity index (χ1n) is 9.34. The summed E-state index contributed by atoms with van der Waals surface area (Å²) in [6, 6.07) is 14.5. The fraction of sp³-hybridized carbons (Fsp3) is 0.381. The number of carbonyl (C=O) groups is 1. The summed E-state index contributed by atoms with van der Waals surface area (Å²) in [4.78, 5) is 12.3. The zero-order valence-corrected chi connectivity index (χ0v) is 16.8. The third kappa shape index (κ3) is 5.19. The second kappa shape index (κ2) is 9.32.